The predicted octanol–water partition coefficient (Wildman–Crippen LogP) is 4.51. The van der Waals surface area contributed by atoms with E-state index in [4.69, 9.17) is 14.7 Å². The van der Waals surface area contributed by atoms with Crippen molar-refractivity contribution in [2.45, 2.75) is 13.0 Å². The predicted molar refractivity (Wildman–Crippen MR) is 127 cm³/mol. The van der Waals surface area contributed by atoms with Crippen molar-refractivity contribution >= 4 is 23.1 Å². The summed E-state index contributed by atoms with van der Waals surface area (Å²) in [6.45, 7) is 1.91. The maximum Gasteiger partial charge on any atom is 0.300 e. The molecule has 1 heterocycles. The topological polar surface area (TPSA) is 99.9 Å². The first-order chi connectivity index (χ1) is 16.4. The molecule has 3 aromatic carbocycles. The van der Waals surface area contributed by atoms with Crippen LogP contribution in [-0.2, 0) is 9.59 Å². The summed E-state index contributed by atoms with van der Waals surface area (Å²) in [5, 5.41) is 20.4. The number of rotatable bonds is 5. The summed E-state index contributed by atoms with van der Waals surface area (Å²) in [6.07, 6.45) is 0. The van der Waals surface area contributed by atoms with E-state index in [-0.39, 0.29) is 11.3 Å². The van der Waals surface area contributed by atoms with Crippen LogP contribution in [0.5, 0.6) is 11.5 Å². The number of nitriles is 1. The third-order valence-electron chi connectivity index (χ3n) is 5.77. The van der Waals surface area contributed by atoms with Crippen molar-refractivity contribution in [1.82, 2.24) is 0 Å². The van der Waals surface area contributed by atoms with Crippen molar-refractivity contribution in [3.8, 4) is 17.6 Å². The van der Waals surface area contributed by atoms with Crippen molar-refractivity contribution in [1.29, 1.82) is 5.26 Å². The van der Waals surface area contributed by atoms with Gasteiger partial charge in [-0.1, -0.05) is 42.0 Å². The highest BCUT2D eigenvalue weighted by Crippen LogP contribution is 2.47. The minimum absolute atomic E-state index is 0.0650. The first kappa shape index (κ1) is 22.6. The quantitative estimate of drug-likeness (QED) is 0.346. The molecule has 1 aliphatic rings. The molecular weight excluding hydrogens is 432 g/mol. The van der Waals surface area contributed by atoms with Crippen molar-refractivity contribution in [3.63, 3.8) is 0 Å². The van der Waals surface area contributed by atoms with E-state index in [0.717, 1.165) is 5.56 Å². The summed E-state index contributed by atoms with van der Waals surface area (Å²) in [4.78, 5) is 27.9. The Labute approximate surface area is 197 Å². The molecule has 0 aliphatic carbocycles. The average Bonchev–Trinajstić information content (AvgIpc) is 3.13. The molecule has 170 valence electrons. The molecule has 0 spiro atoms. The van der Waals surface area contributed by atoms with Crippen molar-refractivity contribution < 1.29 is 24.2 Å². The lowest BCUT2D eigenvalue weighted by Gasteiger charge is -2.27. The Kier molecular flexibility index (Phi) is 6.07. The van der Waals surface area contributed by atoms with Crippen molar-refractivity contribution in [3.05, 3.63) is 94.6 Å². The van der Waals surface area contributed by atoms with E-state index in [1.807, 2.05) is 25.1 Å². The van der Waals surface area contributed by atoms with Crippen LogP contribution in [0.1, 0.15) is 28.3 Å². The molecule has 1 aliphatic heterocycles. The number of methoxy groups -OCH3 is 2. The Morgan fingerprint density at radius 2 is 1.65 bits per heavy atom. The van der Waals surface area contributed by atoms with Gasteiger partial charge in [0, 0.05) is 16.8 Å². The van der Waals surface area contributed by atoms with Gasteiger partial charge in [0.2, 0.25) is 0 Å². The Hall–Kier alpha value is -4.57. The Balaban J connectivity index is 2.00. The lowest BCUT2D eigenvalue weighted by molar-refractivity contribution is -0.132. The van der Waals surface area contributed by atoms with Crippen LogP contribution >= 0.6 is 0 Å². The second-order valence-corrected chi connectivity index (χ2v) is 7.78. The molecule has 7 nitrogen and oxygen atoms in total. The zero-order chi connectivity index (χ0) is 24.4. The second-order valence-electron chi connectivity index (χ2n) is 7.78. The first-order valence-electron chi connectivity index (χ1n) is 10.5. The number of ketones is 1. The Bertz CT molecular complexity index is 1330. The summed E-state index contributed by atoms with van der Waals surface area (Å²) in [7, 11) is 2.96. The van der Waals surface area contributed by atoms with Gasteiger partial charge in [0.25, 0.3) is 11.7 Å². The SMILES string of the molecule is COc1cccc(C2/C(=C(/O)c3ccc(C)cc3)C(=O)C(=O)N2c2ccc(C#N)cc2)c1OC. The fraction of sp³-hybridized carbons (Fsp3) is 0.148. The summed E-state index contributed by atoms with van der Waals surface area (Å²) < 4.78 is 11.0. The van der Waals surface area contributed by atoms with Gasteiger partial charge in [-0.25, -0.2) is 0 Å². The minimum atomic E-state index is -0.987. The fourth-order valence-electron chi connectivity index (χ4n) is 4.08. The monoisotopic (exact) mass is 454 g/mol. The number of hydrogen-bond donors (Lipinski definition) is 1. The van der Waals surface area contributed by atoms with Gasteiger partial charge < -0.3 is 14.6 Å². The number of aliphatic hydroxyl groups is 1. The van der Waals surface area contributed by atoms with E-state index in [1.165, 1.54) is 19.1 Å². The van der Waals surface area contributed by atoms with Gasteiger partial charge in [-0.15, -0.1) is 0 Å². The molecule has 7 heteroatoms. The minimum Gasteiger partial charge on any atom is -0.507 e. The van der Waals surface area contributed by atoms with Gasteiger partial charge >= 0.3 is 0 Å². The molecule has 4 rings (SSSR count). The van der Waals surface area contributed by atoms with Crippen LogP contribution < -0.4 is 14.4 Å². The van der Waals surface area contributed by atoms with Crippen LogP contribution in [0.15, 0.2) is 72.3 Å². The highest BCUT2D eigenvalue weighted by molar-refractivity contribution is 6.51. The maximum atomic E-state index is 13.3. The van der Waals surface area contributed by atoms with Gasteiger partial charge in [0.1, 0.15) is 5.76 Å². The van der Waals surface area contributed by atoms with Crippen LogP contribution in [0.2, 0.25) is 0 Å². The van der Waals surface area contributed by atoms with Gasteiger partial charge in [-0.3, -0.25) is 14.5 Å². The van der Waals surface area contributed by atoms with E-state index in [2.05, 4.69) is 0 Å². The number of carbonyl (C=O) groups excluding carboxylic acids is 2. The summed E-state index contributed by atoms with van der Waals surface area (Å²) >= 11 is 0. The second kappa shape index (κ2) is 9.12. The Morgan fingerprint density at radius 3 is 2.24 bits per heavy atom. The number of amides is 1. The van der Waals surface area contributed by atoms with Crippen molar-refractivity contribution in [2.75, 3.05) is 19.1 Å². The molecule has 1 atom stereocenters. The zero-order valence-corrected chi connectivity index (χ0v) is 18.9. The number of aliphatic hydroxyl groups excluding tert-OH is 1. The van der Waals surface area contributed by atoms with E-state index < -0.39 is 17.7 Å². The lowest BCUT2D eigenvalue weighted by atomic mass is 9.94. The van der Waals surface area contributed by atoms with Crippen LogP contribution in [0.25, 0.3) is 5.76 Å². The maximum absolute atomic E-state index is 13.3. The van der Waals surface area contributed by atoms with Crippen LogP contribution in [0, 0.1) is 18.3 Å². The van der Waals surface area contributed by atoms with Crippen molar-refractivity contribution in [2.24, 2.45) is 0 Å². The zero-order valence-electron chi connectivity index (χ0n) is 18.9. The lowest BCUT2D eigenvalue weighted by Crippen LogP contribution is -2.29. The highest BCUT2D eigenvalue weighted by Gasteiger charge is 2.48. The van der Waals surface area contributed by atoms with Gasteiger partial charge in [-0.2, -0.15) is 5.26 Å². The van der Waals surface area contributed by atoms with Gasteiger partial charge in [0.05, 0.1) is 37.5 Å². The fourth-order valence-corrected chi connectivity index (χ4v) is 4.08. The molecule has 0 saturated carbocycles. The van der Waals surface area contributed by atoms with Gasteiger partial charge in [-0.05, 0) is 37.3 Å². The molecule has 0 aromatic heterocycles. The van der Waals surface area contributed by atoms with E-state index in [1.54, 1.807) is 54.6 Å². The molecule has 1 fully saturated rings. The molecule has 1 amide bonds. The van der Waals surface area contributed by atoms with Crippen LogP contribution in [-0.4, -0.2) is 31.0 Å². The van der Waals surface area contributed by atoms with Crippen LogP contribution in [0.4, 0.5) is 5.69 Å². The standard InChI is InChI=1S/C27H22N2O5/c1-16-7-11-18(12-8-16)24(30)22-23(20-5-4-6-21(33-2)26(20)34-3)29(27(32)25(22)31)19-13-9-17(15-28)10-14-19/h4-14,23,30H,1-3H3/b24-22-. The summed E-state index contributed by atoms with van der Waals surface area (Å²) in [5.41, 5.74) is 2.62. The summed E-state index contributed by atoms with van der Waals surface area (Å²) in [6, 6.07) is 19.5. The number of carbonyl (C=O) groups is 2. The van der Waals surface area contributed by atoms with E-state index in [0.29, 0.717) is 33.9 Å². The first-order valence-corrected chi connectivity index (χ1v) is 10.5. The number of hydrogen-bond acceptors (Lipinski definition) is 6. The molecule has 1 saturated heterocycles. The molecule has 0 bridgehead atoms. The molecule has 3 aromatic rings. The molecule has 0 radical (unpaired) electrons. The largest absolute Gasteiger partial charge is 0.507 e. The number of anilines is 1. The van der Waals surface area contributed by atoms with E-state index in [9.17, 15) is 14.7 Å². The number of benzene rings is 3. The molecular formula is C27H22N2O5. The number of nitrogens with zero attached hydrogens (tertiary/aromatic N) is 2. The highest BCUT2D eigenvalue weighted by atomic mass is 16.5. The Morgan fingerprint density at radius 1 is 0.971 bits per heavy atom. The number of Topliss-reactive ketones (excluding diaryl/α,β-unsaturated/α-hetero) is 1. The van der Waals surface area contributed by atoms with E-state index >= 15 is 0 Å². The number of ether oxygens (including phenoxy) is 2. The smallest absolute Gasteiger partial charge is 0.300 e. The third kappa shape index (κ3) is 3.76. The van der Waals surface area contributed by atoms with Gasteiger partial charge in [0.15, 0.2) is 11.5 Å². The number of para-hydroxylation sites is 1. The molecule has 34 heavy (non-hydrogen) atoms. The third-order valence-corrected chi connectivity index (χ3v) is 5.77. The summed E-state index contributed by atoms with van der Waals surface area (Å²) in [5.74, 6) is -1.15. The molecule has 1 unspecified atom stereocenters. The average molecular weight is 454 g/mol. The van der Waals surface area contributed by atoms with Crippen LogP contribution in [0.3, 0.4) is 0 Å². The number of aryl methyl sites for hydroxylation is 1. The molecule has 1 N–H and O–H groups in total. The normalized spacial score (nSPS) is 16.9.